The fourth-order valence-corrected chi connectivity index (χ4v) is 3.07. The summed E-state index contributed by atoms with van der Waals surface area (Å²) < 4.78 is 5.23. The van der Waals surface area contributed by atoms with Gasteiger partial charge < -0.3 is 14.5 Å². The first kappa shape index (κ1) is 14.9. The molecule has 2 heterocycles. The van der Waals surface area contributed by atoms with Crippen molar-refractivity contribution in [3.8, 4) is 6.07 Å². The Hall–Kier alpha value is -1.54. The Kier molecular flexibility index (Phi) is 5.02. The van der Waals surface area contributed by atoms with Crippen LogP contribution in [0.4, 0.5) is 0 Å². The van der Waals surface area contributed by atoms with Crippen LogP contribution in [0.2, 0.25) is 0 Å². The third kappa shape index (κ3) is 3.73. The van der Waals surface area contributed by atoms with Crippen molar-refractivity contribution in [1.82, 2.24) is 9.80 Å². The van der Waals surface area contributed by atoms with Crippen molar-refractivity contribution >= 4 is 5.91 Å². The Bertz CT molecular complexity index is 411. The van der Waals surface area contributed by atoms with Gasteiger partial charge in [-0.2, -0.15) is 5.26 Å². The van der Waals surface area contributed by atoms with Crippen LogP contribution in [0.25, 0.3) is 0 Å². The van der Waals surface area contributed by atoms with Gasteiger partial charge in [-0.15, -0.1) is 0 Å². The molecule has 2 aliphatic heterocycles. The molecule has 0 N–H and O–H groups in total. The molecule has 0 aromatic carbocycles. The van der Waals surface area contributed by atoms with Crippen LogP contribution in [0.1, 0.15) is 20.3 Å². The third-order valence-electron chi connectivity index (χ3n) is 3.86. The number of ether oxygens (including phenoxy) is 1. The average molecular weight is 277 g/mol. The standard InChI is InChI=1S/C15H23N3O2/c1-12-7-13(2)10-17(9-12)11-14(8-16)15(19)18-3-5-20-6-4-18/h11-13H,3-7,9-10H2,1-2H3/b14-11-. The van der Waals surface area contributed by atoms with E-state index in [4.69, 9.17) is 4.74 Å². The van der Waals surface area contributed by atoms with Crippen molar-refractivity contribution in [2.75, 3.05) is 39.4 Å². The molecule has 0 aromatic rings. The van der Waals surface area contributed by atoms with Gasteiger partial charge in [-0.05, 0) is 18.3 Å². The Morgan fingerprint density at radius 2 is 1.85 bits per heavy atom. The summed E-state index contributed by atoms with van der Waals surface area (Å²) in [6, 6.07) is 2.06. The van der Waals surface area contributed by atoms with Crippen LogP contribution in [0.5, 0.6) is 0 Å². The van der Waals surface area contributed by atoms with E-state index in [1.807, 2.05) is 0 Å². The minimum Gasteiger partial charge on any atom is -0.378 e. The third-order valence-corrected chi connectivity index (χ3v) is 3.86. The number of rotatable bonds is 2. The van der Waals surface area contributed by atoms with Gasteiger partial charge in [0.15, 0.2) is 0 Å². The van der Waals surface area contributed by atoms with Crippen molar-refractivity contribution in [2.45, 2.75) is 20.3 Å². The Morgan fingerprint density at radius 1 is 1.25 bits per heavy atom. The zero-order valence-corrected chi connectivity index (χ0v) is 12.3. The van der Waals surface area contributed by atoms with Crippen LogP contribution >= 0.6 is 0 Å². The van der Waals surface area contributed by atoms with E-state index in [0.29, 0.717) is 38.1 Å². The van der Waals surface area contributed by atoms with Crippen LogP contribution in [0.15, 0.2) is 11.8 Å². The quantitative estimate of drug-likeness (QED) is 0.563. The monoisotopic (exact) mass is 277 g/mol. The van der Waals surface area contributed by atoms with Crippen LogP contribution in [-0.4, -0.2) is 55.1 Å². The van der Waals surface area contributed by atoms with Crippen LogP contribution < -0.4 is 0 Å². The van der Waals surface area contributed by atoms with Gasteiger partial charge in [0, 0.05) is 32.4 Å². The lowest BCUT2D eigenvalue weighted by atomic mass is 9.92. The van der Waals surface area contributed by atoms with Gasteiger partial charge in [-0.25, -0.2) is 0 Å². The van der Waals surface area contributed by atoms with Gasteiger partial charge in [0.05, 0.1) is 13.2 Å². The predicted molar refractivity (Wildman–Crippen MR) is 75.6 cm³/mol. The molecule has 2 rings (SSSR count). The number of nitriles is 1. The molecule has 20 heavy (non-hydrogen) atoms. The number of hydrogen-bond donors (Lipinski definition) is 0. The zero-order chi connectivity index (χ0) is 14.5. The number of nitrogens with zero attached hydrogens (tertiary/aromatic N) is 3. The topological polar surface area (TPSA) is 56.6 Å². The molecule has 0 saturated carbocycles. The van der Waals surface area contributed by atoms with E-state index in [0.717, 1.165) is 13.1 Å². The highest BCUT2D eigenvalue weighted by atomic mass is 16.5. The van der Waals surface area contributed by atoms with E-state index in [-0.39, 0.29) is 11.5 Å². The van der Waals surface area contributed by atoms with E-state index < -0.39 is 0 Å². The molecule has 5 heteroatoms. The largest absolute Gasteiger partial charge is 0.378 e. The van der Waals surface area contributed by atoms with Gasteiger partial charge in [0.1, 0.15) is 11.6 Å². The predicted octanol–water partition coefficient (Wildman–Crippen LogP) is 1.23. The minimum atomic E-state index is -0.165. The number of amides is 1. The zero-order valence-electron chi connectivity index (χ0n) is 12.3. The number of hydrogen-bond acceptors (Lipinski definition) is 4. The second-order valence-electron chi connectivity index (χ2n) is 5.96. The van der Waals surface area contributed by atoms with Crippen LogP contribution in [0.3, 0.4) is 0 Å². The molecule has 2 unspecified atom stereocenters. The number of piperidine rings is 1. The lowest BCUT2D eigenvalue weighted by Crippen LogP contribution is -2.42. The normalized spacial score (nSPS) is 28.1. The molecule has 0 aliphatic carbocycles. The average Bonchev–Trinajstić information content (AvgIpc) is 2.44. The van der Waals surface area contributed by atoms with Crippen molar-refractivity contribution in [2.24, 2.45) is 11.8 Å². The van der Waals surface area contributed by atoms with Gasteiger partial charge in [0.25, 0.3) is 5.91 Å². The minimum absolute atomic E-state index is 0.165. The number of carbonyl (C=O) groups excluding carboxylic acids is 1. The van der Waals surface area contributed by atoms with E-state index in [1.165, 1.54) is 6.42 Å². The molecule has 2 saturated heterocycles. The molecule has 2 aliphatic rings. The molecule has 5 nitrogen and oxygen atoms in total. The first-order valence-corrected chi connectivity index (χ1v) is 7.33. The highest BCUT2D eigenvalue weighted by molar-refractivity contribution is 5.97. The summed E-state index contributed by atoms with van der Waals surface area (Å²) in [5, 5.41) is 9.27. The van der Waals surface area contributed by atoms with E-state index >= 15 is 0 Å². The fraction of sp³-hybridized carbons (Fsp3) is 0.733. The van der Waals surface area contributed by atoms with Gasteiger partial charge in [-0.1, -0.05) is 13.8 Å². The Morgan fingerprint density at radius 3 is 2.40 bits per heavy atom. The summed E-state index contributed by atoms with van der Waals surface area (Å²) in [6.07, 6.45) is 2.97. The van der Waals surface area contributed by atoms with Crippen molar-refractivity contribution in [3.05, 3.63) is 11.8 Å². The summed E-state index contributed by atoms with van der Waals surface area (Å²) >= 11 is 0. The molecule has 0 spiro atoms. The number of morpholine rings is 1. The second-order valence-corrected chi connectivity index (χ2v) is 5.96. The maximum absolute atomic E-state index is 12.3. The fourth-order valence-electron chi connectivity index (χ4n) is 3.07. The molecule has 2 fully saturated rings. The SMILES string of the molecule is CC1CC(C)CN(/C=C(/C#N)C(=O)N2CCOCC2)C1. The lowest BCUT2D eigenvalue weighted by molar-refractivity contribution is -0.130. The first-order valence-electron chi connectivity index (χ1n) is 7.33. The highest BCUT2D eigenvalue weighted by Gasteiger charge is 2.24. The summed E-state index contributed by atoms with van der Waals surface area (Å²) in [6.45, 7) is 8.54. The summed E-state index contributed by atoms with van der Waals surface area (Å²) in [5.74, 6) is 1.04. The smallest absolute Gasteiger partial charge is 0.266 e. The summed E-state index contributed by atoms with van der Waals surface area (Å²) in [5.41, 5.74) is 0.244. The Labute approximate surface area is 120 Å². The number of carbonyl (C=O) groups is 1. The van der Waals surface area contributed by atoms with Crippen LogP contribution in [0, 0.1) is 23.2 Å². The molecule has 0 radical (unpaired) electrons. The van der Waals surface area contributed by atoms with Gasteiger partial charge in [-0.3, -0.25) is 4.79 Å². The second kappa shape index (κ2) is 6.76. The molecule has 110 valence electrons. The molecule has 0 aromatic heterocycles. The molecule has 1 amide bonds. The van der Waals surface area contributed by atoms with Gasteiger partial charge in [0.2, 0.25) is 0 Å². The van der Waals surface area contributed by atoms with E-state index in [2.05, 4.69) is 24.8 Å². The van der Waals surface area contributed by atoms with Gasteiger partial charge >= 0.3 is 0 Å². The first-order chi connectivity index (χ1) is 9.60. The molecular formula is C15H23N3O2. The van der Waals surface area contributed by atoms with E-state index in [9.17, 15) is 10.1 Å². The maximum Gasteiger partial charge on any atom is 0.266 e. The lowest BCUT2D eigenvalue weighted by Gasteiger charge is -2.34. The summed E-state index contributed by atoms with van der Waals surface area (Å²) in [4.78, 5) is 16.1. The molecule has 2 atom stereocenters. The van der Waals surface area contributed by atoms with Crippen LogP contribution in [-0.2, 0) is 9.53 Å². The van der Waals surface area contributed by atoms with Crippen molar-refractivity contribution in [3.63, 3.8) is 0 Å². The molecule has 0 bridgehead atoms. The maximum atomic E-state index is 12.3. The molecular weight excluding hydrogens is 254 g/mol. The van der Waals surface area contributed by atoms with E-state index in [1.54, 1.807) is 11.1 Å². The van der Waals surface area contributed by atoms with Crippen molar-refractivity contribution < 1.29 is 9.53 Å². The number of likely N-dealkylation sites (tertiary alicyclic amines) is 1. The van der Waals surface area contributed by atoms with Crippen molar-refractivity contribution in [1.29, 1.82) is 5.26 Å². The Balaban J connectivity index is 2.04. The summed E-state index contributed by atoms with van der Waals surface area (Å²) in [7, 11) is 0. The highest BCUT2D eigenvalue weighted by Crippen LogP contribution is 2.21.